The van der Waals surface area contributed by atoms with Gasteiger partial charge in [-0.05, 0) is 143 Å². The van der Waals surface area contributed by atoms with Crippen LogP contribution < -0.4 is 24.8 Å². The Bertz CT molecular complexity index is 2740. The normalized spacial score (nSPS) is 17.3. The summed E-state index contributed by atoms with van der Waals surface area (Å²) in [6.45, 7) is 8.80. The maximum absolute atomic E-state index is 14.5. The first-order valence-corrected chi connectivity index (χ1v) is 26.8. The summed E-state index contributed by atoms with van der Waals surface area (Å²) < 4.78 is 23.9. The van der Waals surface area contributed by atoms with Crippen molar-refractivity contribution in [2.45, 2.75) is 155 Å². The van der Waals surface area contributed by atoms with E-state index in [9.17, 15) is 33.6 Å². The van der Waals surface area contributed by atoms with Crippen LogP contribution in [0.25, 0.3) is 0 Å². The van der Waals surface area contributed by atoms with Crippen molar-refractivity contribution in [2.75, 3.05) is 33.9 Å². The second-order valence-electron chi connectivity index (χ2n) is 20.2. The number of fused-ring (bicyclic) bond motifs is 1. The van der Waals surface area contributed by atoms with E-state index in [-0.39, 0.29) is 36.8 Å². The number of nitrogens with one attached hydrogen (secondary N) is 2. The van der Waals surface area contributed by atoms with Crippen LogP contribution in [-0.4, -0.2) is 97.2 Å². The molecule has 0 bridgehead atoms. The minimum absolute atomic E-state index is 0.0805. The van der Waals surface area contributed by atoms with Crippen molar-refractivity contribution in [1.29, 1.82) is 0 Å². The number of unbranched alkanes of at least 4 members (excludes halogenated alkanes) is 6. The van der Waals surface area contributed by atoms with Gasteiger partial charge in [0.05, 0.1) is 31.3 Å². The van der Waals surface area contributed by atoms with Gasteiger partial charge in [-0.1, -0.05) is 87.6 Å². The molecule has 6 amide bonds. The first-order valence-electron chi connectivity index (χ1n) is 26.8. The van der Waals surface area contributed by atoms with E-state index in [1.54, 1.807) is 37.3 Å². The largest absolute Gasteiger partial charge is 0.493 e. The van der Waals surface area contributed by atoms with Gasteiger partial charge in [-0.15, -0.1) is 0 Å². The molecule has 3 aliphatic rings. The molecule has 4 aromatic rings. The van der Waals surface area contributed by atoms with Gasteiger partial charge in [0.15, 0.2) is 18.1 Å². The molecule has 0 aliphatic carbocycles. The second kappa shape index (κ2) is 26.5. The fraction of sp³-hybridized carbons (Fsp3) is 0.483. The summed E-state index contributed by atoms with van der Waals surface area (Å²) in [4.78, 5) is 95.1. The molecule has 7 rings (SSSR count). The Balaban J connectivity index is 0.882. The zero-order valence-electron chi connectivity index (χ0n) is 44.6. The van der Waals surface area contributed by atoms with E-state index in [0.717, 1.165) is 91.4 Å². The highest BCUT2D eigenvalue weighted by Crippen LogP contribution is 2.38. The Morgan fingerprint density at radius 2 is 1.45 bits per heavy atom. The van der Waals surface area contributed by atoms with Crippen LogP contribution in [0.3, 0.4) is 0 Å². The Morgan fingerprint density at radius 1 is 0.733 bits per heavy atom. The zero-order chi connectivity index (χ0) is 53.6. The van der Waals surface area contributed by atoms with E-state index in [0.29, 0.717) is 67.1 Å². The minimum atomic E-state index is -0.980. The number of carbonyl (C=O) groups excluding carboxylic acids is 7. The number of amides is 6. The predicted molar refractivity (Wildman–Crippen MR) is 284 cm³/mol. The van der Waals surface area contributed by atoms with Crippen LogP contribution in [0, 0.1) is 20.8 Å². The number of nitrogens with zero attached hydrogens (tertiary/aromatic N) is 2. The molecule has 0 saturated carbocycles. The third kappa shape index (κ3) is 13.8. The van der Waals surface area contributed by atoms with Gasteiger partial charge in [-0.25, -0.2) is 4.79 Å². The summed E-state index contributed by atoms with van der Waals surface area (Å²) in [5, 5.41) is 5.21. The summed E-state index contributed by atoms with van der Waals surface area (Å²) in [5.74, 6) is -1.74. The van der Waals surface area contributed by atoms with Crippen molar-refractivity contribution in [3.63, 3.8) is 0 Å². The molecule has 3 heterocycles. The first kappa shape index (κ1) is 55.7. The lowest BCUT2D eigenvalue weighted by Crippen LogP contribution is -2.54. The number of piperidine rings is 2. The fourth-order valence-corrected chi connectivity index (χ4v) is 10.6. The maximum Gasteiger partial charge on any atom is 0.329 e. The lowest BCUT2D eigenvalue weighted by atomic mass is 9.91. The van der Waals surface area contributed by atoms with Crippen molar-refractivity contribution < 1.29 is 52.5 Å². The van der Waals surface area contributed by atoms with Crippen LogP contribution >= 0.6 is 0 Å². The van der Waals surface area contributed by atoms with Gasteiger partial charge in [-0.3, -0.25) is 39.0 Å². The number of para-hydroxylation sites is 1. The standard InChI is InChI=1S/C60H74N4O11/c1-7-44(43-34-40(4)55(73-6)52(36-43)72-5)57(68)63-32-18-16-21-49(63)60(71)75-51(29-26-42-24-23-38(2)39(3)33-42)46-20-14-15-22-50(46)74-37-54(66)61-31-17-12-10-8-9-11-13-19-41-25-27-45-47(35-41)59(70)64(58(45)69)48-28-30-53(65)62-56(48)67/h14-15,20,22-25,27,33-36,44,48-49,51H,7-13,16-19,21,26,28-32,37H2,1-6H3,(H,61,66)(H,62,65,67)/t44-,48?,49?,51+/m0/s1. The van der Waals surface area contributed by atoms with E-state index in [1.807, 2.05) is 50.2 Å². The van der Waals surface area contributed by atoms with E-state index in [4.69, 9.17) is 18.9 Å². The van der Waals surface area contributed by atoms with Crippen molar-refractivity contribution >= 4 is 41.4 Å². The van der Waals surface area contributed by atoms with E-state index in [2.05, 4.69) is 42.7 Å². The number of likely N-dealkylation sites (tertiary alicyclic amines) is 1. The third-order valence-corrected chi connectivity index (χ3v) is 15.0. The number of esters is 1. The highest BCUT2D eigenvalue weighted by molar-refractivity contribution is 6.23. The van der Waals surface area contributed by atoms with Gasteiger partial charge in [0.2, 0.25) is 17.7 Å². The van der Waals surface area contributed by atoms with Gasteiger partial charge in [0, 0.05) is 25.1 Å². The number of rotatable bonds is 25. The molecule has 2 saturated heterocycles. The monoisotopic (exact) mass is 1030 g/mol. The Morgan fingerprint density at radius 3 is 2.19 bits per heavy atom. The Labute approximate surface area is 441 Å². The summed E-state index contributed by atoms with van der Waals surface area (Å²) >= 11 is 0. The van der Waals surface area contributed by atoms with Gasteiger partial charge < -0.3 is 29.2 Å². The average Bonchev–Trinajstić information content (AvgIpc) is 3.66. The topological polar surface area (TPSA) is 187 Å². The SMILES string of the molecule is CC[C@H](C(=O)N1CCCCC1C(=O)O[C@H](CCc1ccc(C)c(C)c1)c1ccccc1OCC(=O)NCCCCCCCCCc1ccc2c(c1)C(=O)N(C1CCC(=O)NC1=O)C2=O)c1cc(C)c(OC)c(OC)c1. The predicted octanol–water partition coefficient (Wildman–Crippen LogP) is 9.29. The van der Waals surface area contributed by atoms with Crippen molar-refractivity contribution in [3.05, 3.63) is 123 Å². The van der Waals surface area contributed by atoms with Crippen molar-refractivity contribution in [3.8, 4) is 17.2 Å². The molecule has 2 N–H and O–H groups in total. The number of methoxy groups -OCH3 is 2. The van der Waals surface area contributed by atoms with Gasteiger partial charge in [-0.2, -0.15) is 0 Å². The van der Waals surface area contributed by atoms with Crippen molar-refractivity contribution in [1.82, 2.24) is 20.4 Å². The molecule has 15 nitrogen and oxygen atoms in total. The van der Waals surface area contributed by atoms with E-state index in [1.165, 1.54) is 11.1 Å². The summed E-state index contributed by atoms with van der Waals surface area (Å²) in [7, 11) is 3.17. The van der Waals surface area contributed by atoms with Crippen LogP contribution in [0.15, 0.2) is 72.8 Å². The quantitative estimate of drug-likeness (QED) is 0.0366. The molecule has 0 spiro atoms. The molecule has 4 atom stereocenters. The first-order chi connectivity index (χ1) is 36.2. The van der Waals surface area contributed by atoms with Crippen LogP contribution in [-0.2, 0) is 41.6 Å². The molecule has 2 unspecified atom stereocenters. The number of ether oxygens (including phenoxy) is 4. The van der Waals surface area contributed by atoms with Crippen LogP contribution in [0.5, 0.6) is 17.2 Å². The molecule has 400 valence electrons. The number of aryl methyl sites for hydroxylation is 5. The molecule has 75 heavy (non-hydrogen) atoms. The molecule has 15 heteroatoms. The minimum Gasteiger partial charge on any atom is -0.493 e. The number of imide groups is 2. The zero-order valence-corrected chi connectivity index (χ0v) is 44.6. The Kier molecular flexibility index (Phi) is 19.6. The third-order valence-electron chi connectivity index (χ3n) is 15.0. The van der Waals surface area contributed by atoms with Gasteiger partial charge in [0.1, 0.15) is 23.9 Å². The van der Waals surface area contributed by atoms with Gasteiger partial charge >= 0.3 is 5.97 Å². The second-order valence-corrected chi connectivity index (χ2v) is 20.2. The molecule has 0 radical (unpaired) electrons. The molecular formula is C60H74N4O11. The molecular weight excluding hydrogens is 953 g/mol. The molecule has 0 aromatic heterocycles. The Hall–Kier alpha value is -7.03. The van der Waals surface area contributed by atoms with Crippen LogP contribution in [0.2, 0.25) is 0 Å². The fourth-order valence-electron chi connectivity index (χ4n) is 10.6. The van der Waals surface area contributed by atoms with E-state index < -0.39 is 53.7 Å². The number of hydrogen-bond donors (Lipinski definition) is 2. The maximum atomic E-state index is 14.5. The smallest absolute Gasteiger partial charge is 0.329 e. The van der Waals surface area contributed by atoms with Crippen LogP contribution in [0.1, 0.15) is 168 Å². The van der Waals surface area contributed by atoms with Gasteiger partial charge in [0.25, 0.3) is 17.7 Å². The number of hydrogen-bond acceptors (Lipinski definition) is 11. The lowest BCUT2D eigenvalue weighted by Gasteiger charge is -2.37. The summed E-state index contributed by atoms with van der Waals surface area (Å²) in [5.41, 5.74) is 7.34. The van der Waals surface area contributed by atoms with Crippen LogP contribution in [0.4, 0.5) is 0 Å². The highest BCUT2D eigenvalue weighted by atomic mass is 16.5. The molecule has 4 aromatic carbocycles. The summed E-state index contributed by atoms with van der Waals surface area (Å²) in [6, 6.07) is 21.1. The van der Waals surface area contributed by atoms with Crippen molar-refractivity contribution in [2.24, 2.45) is 0 Å². The molecule has 3 aliphatic heterocycles. The lowest BCUT2D eigenvalue weighted by molar-refractivity contribution is -0.162. The molecule has 2 fully saturated rings. The summed E-state index contributed by atoms with van der Waals surface area (Å²) in [6.07, 6.45) is 10.7. The highest BCUT2D eigenvalue weighted by Gasteiger charge is 2.45. The average molecular weight is 1030 g/mol. The number of carbonyl (C=O) groups is 7. The number of benzene rings is 4. The van der Waals surface area contributed by atoms with E-state index >= 15 is 0 Å².